The third-order valence-electron chi connectivity index (χ3n) is 3.58. The van der Waals surface area contributed by atoms with Crippen LogP contribution in [0.15, 0.2) is 18.2 Å². The zero-order valence-corrected chi connectivity index (χ0v) is 13.0. The summed E-state index contributed by atoms with van der Waals surface area (Å²) >= 11 is 5.57. The number of nitrogens with zero attached hydrogens (tertiary/aromatic N) is 1. The van der Waals surface area contributed by atoms with Gasteiger partial charge in [0.25, 0.3) is 0 Å². The van der Waals surface area contributed by atoms with Gasteiger partial charge in [-0.25, -0.2) is 0 Å². The van der Waals surface area contributed by atoms with Crippen molar-refractivity contribution in [2.24, 2.45) is 0 Å². The van der Waals surface area contributed by atoms with Gasteiger partial charge in [0.05, 0.1) is 11.3 Å². The number of benzene rings is 1. The molecule has 2 amide bonds. The molecule has 8 heteroatoms. The number of alkyl halides is 3. The second-order valence-corrected chi connectivity index (χ2v) is 5.79. The molecule has 1 aromatic rings. The Labute approximate surface area is 136 Å². The maximum Gasteiger partial charge on any atom is 0.418 e. The lowest BCUT2D eigenvalue weighted by Crippen LogP contribution is -2.37. The zero-order chi connectivity index (χ0) is 17.0. The summed E-state index contributed by atoms with van der Waals surface area (Å²) in [6.45, 7) is 1.17. The molecule has 0 unspecified atom stereocenters. The number of halogens is 4. The maximum atomic E-state index is 12.9. The SMILES string of the molecule is O=C(CC(=O)N1CCCCC1)Nc1ccc(Cl)cc1C(F)(F)F. The number of anilines is 1. The number of hydrogen-bond donors (Lipinski definition) is 1. The molecule has 0 aromatic heterocycles. The lowest BCUT2D eigenvalue weighted by atomic mass is 10.1. The summed E-state index contributed by atoms with van der Waals surface area (Å²) in [7, 11) is 0. The summed E-state index contributed by atoms with van der Waals surface area (Å²) in [6.07, 6.45) is -2.33. The van der Waals surface area contributed by atoms with Crippen molar-refractivity contribution in [1.82, 2.24) is 4.90 Å². The molecule has 0 bridgehead atoms. The van der Waals surface area contributed by atoms with Gasteiger partial charge in [0.15, 0.2) is 0 Å². The molecule has 0 spiro atoms. The molecule has 1 aliphatic heterocycles. The van der Waals surface area contributed by atoms with E-state index < -0.39 is 29.8 Å². The Balaban J connectivity index is 2.04. The first kappa shape index (κ1) is 17.6. The molecule has 4 nitrogen and oxygen atoms in total. The summed E-state index contributed by atoms with van der Waals surface area (Å²) in [5.41, 5.74) is -1.44. The Bertz CT molecular complexity index is 599. The second-order valence-electron chi connectivity index (χ2n) is 5.35. The molecule has 23 heavy (non-hydrogen) atoms. The van der Waals surface area contributed by atoms with Crippen LogP contribution in [0.4, 0.5) is 18.9 Å². The Morgan fingerprint density at radius 1 is 1.17 bits per heavy atom. The minimum Gasteiger partial charge on any atom is -0.342 e. The molecule has 126 valence electrons. The molecular weight excluding hydrogens is 333 g/mol. The highest BCUT2D eigenvalue weighted by atomic mass is 35.5. The van der Waals surface area contributed by atoms with Crippen LogP contribution in [0.1, 0.15) is 31.2 Å². The number of amides is 2. The summed E-state index contributed by atoms with van der Waals surface area (Å²) < 4.78 is 38.8. The Hall–Kier alpha value is -1.76. The topological polar surface area (TPSA) is 49.4 Å². The van der Waals surface area contributed by atoms with Gasteiger partial charge in [-0.05, 0) is 37.5 Å². The highest BCUT2D eigenvalue weighted by Gasteiger charge is 2.34. The first-order valence-corrected chi connectivity index (χ1v) is 7.59. The van der Waals surface area contributed by atoms with Gasteiger partial charge in [0.2, 0.25) is 11.8 Å². The van der Waals surface area contributed by atoms with Crippen LogP contribution in [0.2, 0.25) is 5.02 Å². The fourth-order valence-corrected chi connectivity index (χ4v) is 2.62. The van der Waals surface area contributed by atoms with E-state index >= 15 is 0 Å². The molecule has 1 N–H and O–H groups in total. The molecule has 1 aliphatic rings. The van der Waals surface area contributed by atoms with Crippen molar-refractivity contribution in [3.63, 3.8) is 0 Å². The average Bonchev–Trinajstić information content (AvgIpc) is 2.49. The smallest absolute Gasteiger partial charge is 0.342 e. The van der Waals surface area contributed by atoms with Crippen LogP contribution >= 0.6 is 11.6 Å². The lowest BCUT2D eigenvalue weighted by molar-refractivity contribution is -0.137. The van der Waals surface area contributed by atoms with Gasteiger partial charge in [-0.2, -0.15) is 13.2 Å². The average molecular weight is 349 g/mol. The van der Waals surface area contributed by atoms with Gasteiger partial charge in [-0.15, -0.1) is 0 Å². The van der Waals surface area contributed by atoms with Crippen LogP contribution in [0.25, 0.3) is 0 Å². The van der Waals surface area contributed by atoms with Gasteiger partial charge < -0.3 is 10.2 Å². The van der Waals surface area contributed by atoms with Crippen molar-refractivity contribution >= 4 is 29.1 Å². The van der Waals surface area contributed by atoms with E-state index in [1.54, 1.807) is 4.90 Å². The third-order valence-corrected chi connectivity index (χ3v) is 3.82. The number of rotatable bonds is 3. The fraction of sp³-hybridized carbons (Fsp3) is 0.467. The van der Waals surface area contributed by atoms with E-state index in [9.17, 15) is 22.8 Å². The first-order chi connectivity index (χ1) is 10.8. The van der Waals surface area contributed by atoms with Crippen molar-refractivity contribution in [3.05, 3.63) is 28.8 Å². The van der Waals surface area contributed by atoms with E-state index in [0.717, 1.165) is 31.4 Å². The van der Waals surface area contributed by atoms with Gasteiger partial charge >= 0.3 is 6.18 Å². The predicted molar refractivity (Wildman–Crippen MR) is 80.1 cm³/mol. The van der Waals surface area contributed by atoms with Crippen molar-refractivity contribution < 1.29 is 22.8 Å². The van der Waals surface area contributed by atoms with Crippen molar-refractivity contribution in [1.29, 1.82) is 0 Å². The zero-order valence-electron chi connectivity index (χ0n) is 12.3. The highest BCUT2D eigenvalue weighted by molar-refractivity contribution is 6.30. The van der Waals surface area contributed by atoms with Crippen molar-refractivity contribution in [2.45, 2.75) is 31.9 Å². The highest BCUT2D eigenvalue weighted by Crippen LogP contribution is 2.36. The van der Waals surface area contributed by atoms with Gasteiger partial charge in [-0.1, -0.05) is 11.6 Å². The number of carbonyl (C=O) groups excluding carboxylic acids is 2. The Kier molecular flexibility index (Phi) is 5.51. The number of hydrogen-bond acceptors (Lipinski definition) is 2. The summed E-state index contributed by atoms with van der Waals surface area (Å²) in [5, 5.41) is 2.07. The van der Waals surface area contributed by atoms with E-state index in [4.69, 9.17) is 11.6 Å². The van der Waals surface area contributed by atoms with E-state index in [2.05, 4.69) is 5.32 Å². The van der Waals surface area contributed by atoms with Crippen LogP contribution in [-0.2, 0) is 15.8 Å². The van der Waals surface area contributed by atoms with E-state index in [1.807, 2.05) is 0 Å². The maximum absolute atomic E-state index is 12.9. The van der Waals surface area contributed by atoms with E-state index in [0.29, 0.717) is 13.1 Å². The number of nitrogens with one attached hydrogen (secondary N) is 1. The first-order valence-electron chi connectivity index (χ1n) is 7.22. The molecule has 1 aromatic carbocycles. The molecule has 0 radical (unpaired) electrons. The monoisotopic (exact) mass is 348 g/mol. The molecule has 0 saturated carbocycles. The molecular formula is C15H16ClF3N2O2. The van der Waals surface area contributed by atoms with Crippen LogP contribution in [-0.4, -0.2) is 29.8 Å². The van der Waals surface area contributed by atoms with Crippen molar-refractivity contribution in [2.75, 3.05) is 18.4 Å². The van der Waals surface area contributed by atoms with Crippen LogP contribution in [0, 0.1) is 0 Å². The largest absolute Gasteiger partial charge is 0.418 e. The van der Waals surface area contributed by atoms with Crippen LogP contribution < -0.4 is 5.32 Å². The third kappa shape index (κ3) is 4.86. The normalized spacial score (nSPS) is 15.4. The standard InChI is InChI=1S/C15H16ClF3N2O2/c16-10-4-5-12(11(8-10)15(17,18)19)20-13(22)9-14(23)21-6-2-1-3-7-21/h4-5,8H,1-3,6-7,9H2,(H,20,22). The minimum atomic E-state index is -4.65. The van der Waals surface area contributed by atoms with Gasteiger partial charge in [0.1, 0.15) is 6.42 Å². The van der Waals surface area contributed by atoms with E-state index in [1.165, 1.54) is 6.07 Å². The quantitative estimate of drug-likeness (QED) is 0.847. The summed E-state index contributed by atoms with van der Waals surface area (Å²) in [4.78, 5) is 25.4. The lowest BCUT2D eigenvalue weighted by Gasteiger charge is -2.26. The predicted octanol–water partition coefficient (Wildman–Crippen LogP) is 3.70. The molecule has 0 atom stereocenters. The molecule has 2 rings (SSSR count). The second kappa shape index (κ2) is 7.21. The Morgan fingerprint density at radius 3 is 2.43 bits per heavy atom. The summed E-state index contributed by atoms with van der Waals surface area (Å²) in [6, 6.07) is 3.07. The van der Waals surface area contributed by atoms with E-state index in [-0.39, 0.29) is 10.9 Å². The number of likely N-dealkylation sites (tertiary alicyclic amines) is 1. The fourth-order valence-electron chi connectivity index (χ4n) is 2.45. The number of carbonyl (C=O) groups is 2. The molecule has 0 aliphatic carbocycles. The van der Waals surface area contributed by atoms with Crippen molar-refractivity contribution in [3.8, 4) is 0 Å². The van der Waals surface area contributed by atoms with Gasteiger partial charge in [0, 0.05) is 18.1 Å². The molecule has 1 fully saturated rings. The molecule has 1 saturated heterocycles. The van der Waals surface area contributed by atoms with Gasteiger partial charge in [-0.3, -0.25) is 9.59 Å². The van der Waals surface area contributed by atoms with Crippen LogP contribution in [0.5, 0.6) is 0 Å². The molecule has 1 heterocycles. The minimum absolute atomic E-state index is 0.0836. The van der Waals surface area contributed by atoms with Crippen LogP contribution in [0.3, 0.4) is 0 Å². The summed E-state index contributed by atoms with van der Waals surface area (Å²) in [5.74, 6) is -1.14. The number of piperidine rings is 1. The Morgan fingerprint density at radius 2 is 1.83 bits per heavy atom.